The van der Waals surface area contributed by atoms with Gasteiger partial charge in [0.25, 0.3) is 5.91 Å². The van der Waals surface area contributed by atoms with Gasteiger partial charge in [-0.1, -0.05) is 30.0 Å². The number of nitrogen functional groups attached to an aromatic ring is 1. The van der Waals surface area contributed by atoms with Crippen LogP contribution in [-0.4, -0.2) is 26.8 Å². The van der Waals surface area contributed by atoms with Crippen LogP contribution in [0.3, 0.4) is 0 Å². The Morgan fingerprint density at radius 1 is 1.35 bits per heavy atom. The third-order valence-corrected chi connectivity index (χ3v) is 6.24. The number of hydrogen-bond acceptors (Lipinski definition) is 8. The maximum Gasteiger partial charge on any atom is 0.433 e. The van der Waals surface area contributed by atoms with Gasteiger partial charge in [0, 0.05) is 5.39 Å². The first-order valence-corrected chi connectivity index (χ1v) is 9.87. The number of nitrogens with two attached hydrogens (primary N) is 1. The number of anilines is 2. The van der Waals surface area contributed by atoms with Gasteiger partial charge in [0.15, 0.2) is 4.34 Å². The van der Waals surface area contributed by atoms with Gasteiger partial charge in [0.2, 0.25) is 5.13 Å². The Kier molecular flexibility index (Phi) is 5.08. The van der Waals surface area contributed by atoms with Crippen LogP contribution in [0.4, 0.5) is 24.0 Å². The lowest BCUT2D eigenvalue weighted by molar-refractivity contribution is -0.141. The summed E-state index contributed by atoms with van der Waals surface area (Å²) >= 11 is 3.51. The van der Waals surface area contributed by atoms with Crippen LogP contribution in [-0.2, 0) is 6.18 Å². The molecule has 0 atom stereocenters. The van der Waals surface area contributed by atoms with Crippen molar-refractivity contribution in [2.24, 2.45) is 0 Å². The first-order valence-electron chi connectivity index (χ1n) is 7.25. The number of pyridine rings is 1. The van der Waals surface area contributed by atoms with Crippen molar-refractivity contribution in [3.8, 4) is 0 Å². The summed E-state index contributed by atoms with van der Waals surface area (Å²) in [4.78, 5) is 16.2. The van der Waals surface area contributed by atoms with E-state index in [0.29, 0.717) is 20.4 Å². The second kappa shape index (κ2) is 7.00. The minimum Gasteiger partial charge on any atom is -0.397 e. The van der Waals surface area contributed by atoms with Crippen LogP contribution in [0.25, 0.3) is 10.2 Å². The summed E-state index contributed by atoms with van der Waals surface area (Å²) in [7, 11) is 0. The highest BCUT2D eigenvalue weighted by atomic mass is 32.2. The zero-order valence-corrected chi connectivity index (χ0v) is 15.9. The molecule has 12 heteroatoms. The van der Waals surface area contributed by atoms with Gasteiger partial charge in [-0.25, -0.2) is 4.98 Å². The first kappa shape index (κ1) is 18.9. The lowest BCUT2D eigenvalue weighted by Crippen LogP contribution is -2.11. The maximum absolute atomic E-state index is 12.9. The lowest BCUT2D eigenvalue weighted by Gasteiger charge is -2.07. The molecule has 3 N–H and O–H groups in total. The van der Waals surface area contributed by atoms with Gasteiger partial charge < -0.3 is 5.73 Å². The molecule has 0 saturated heterocycles. The number of thioether (sulfide) groups is 1. The molecule has 3 aromatic rings. The number of carbonyl (C=O) groups is 1. The summed E-state index contributed by atoms with van der Waals surface area (Å²) in [6.45, 7) is 3.47. The number of rotatable bonds is 4. The van der Waals surface area contributed by atoms with E-state index in [1.54, 1.807) is 0 Å². The highest BCUT2D eigenvalue weighted by Gasteiger charge is 2.34. The normalized spacial score (nSPS) is 11.9. The number of alkyl halides is 3. The number of carbonyl (C=O) groups excluding carboxylic acids is 1. The Hall–Kier alpha value is -1.92. The van der Waals surface area contributed by atoms with Crippen LogP contribution in [0.1, 0.15) is 27.9 Å². The van der Waals surface area contributed by atoms with Crippen LogP contribution in [0.2, 0.25) is 0 Å². The second-order valence-electron chi connectivity index (χ2n) is 5.11. The molecule has 26 heavy (non-hydrogen) atoms. The minimum atomic E-state index is -4.57. The number of thiophene rings is 1. The van der Waals surface area contributed by atoms with E-state index in [9.17, 15) is 18.0 Å². The number of nitrogens with one attached hydrogen (secondary N) is 1. The van der Waals surface area contributed by atoms with E-state index in [2.05, 4.69) is 20.5 Å². The molecule has 6 nitrogen and oxygen atoms in total. The summed E-state index contributed by atoms with van der Waals surface area (Å²) in [5, 5.41) is 11.0. The van der Waals surface area contributed by atoms with Crippen LogP contribution < -0.4 is 11.1 Å². The topological polar surface area (TPSA) is 93.8 Å². The van der Waals surface area contributed by atoms with Gasteiger partial charge in [0.05, 0.1) is 5.69 Å². The maximum atomic E-state index is 12.9. The van der Waals surface area contributed by atoms with Crippen molar-refractivity contribution in [2.45, 2.75) is 24.4 Å². The molecule has 0 aliphatic carbocycles. The minimum absolute atomic E-state index is 0.0690. The van der Waals surface area contributed by atoms with E-state index < -0.39 is 17.8 Å². The van der Waals surface area contributed by atoms with Crippen LogP contribution >= 0.6 is 34.4 Å². The largest absolute Gasteiger partial charge is 0.433 e. The SMILES string of the molecule is CCSc1nnc(NC(=O)c2sc3nc(C(F)(F)F)cc(C)c3c2N)s1. The van der Waals surface area contributed by atoms with Gasteiger partial charge in [-0.2, -0.15) is 13.2 Å². The molecule has 0 saturated carbocycles. The highest BCUT2D eigenvalue weighted by molar-refractivity contribution is 8.01. The lowest BCUT2D eigenvalue weighted by atomic mass is 10.1. The standard InChI is InChI=1S/C14H12F3N5OS3/c1-3-24-13-22-21-12(26-13)20-10(23)9-8(18)7-5(2)4-6(14(15,16)17)19-11(7)25-9/h4H,3,18H2,1-2H3,(H,20,21,23). The molecule has 0 bridgehead atoms. The number of aryl methyl sites for hydroxylation is 1. The number of nitrogens with zero attached hydrogens (tertiary/aromatic N) is 3. The monoisotopic (exact) mass is 419 g/mol. The van der Waals surface area contributed by atoms with Crippen molar-refractivity contribution >= 4 is 61.4 Å². The Morgan fingerprint density at radius 3 is 2.73 bits per heavy atom. The van der Waals surface area contributed by atoms with E-state index in [1.165, 1.54) is 30.0 Å². The van der Waals surface area contributed by atoms with E-state index in [-0.39, 0.29) is 15.4 Å². The second-order valence-corrected chi connectivity index (χ2v) is 8.60. The summed E-state index contributed by atoms with van der Waals surface area (Å²) < 4.78 is 39.5. The molecule has 138 valence electrons. The Labute approximate surface area is 158 Å². The van der Waals surface area contributed by atoms with Crippen molar-refractivity contribution in [1.82, 2.24) is 15.2 Å². The quantitative estimate of drug-likeness (QED) is 0.480. The first-order chi connectivity index (χ1) is 12.2. The van der Waals surface area contributed by atoms with E-state index in [1.807, 2.05) is 6.92 Å². The van der Waals surface area contributed by atoms with Crippen molar-refractivity contribution < 1.29 is 18.0 Å². The molecule has 3 heterocycles. The number of amides is 1. The Morgan fingerprint density at radius 2 is 2.08 bits per heavy atom. The van der Waals surface area contributed by atoms with Gasteiger partial charge in [-0.05, 0) is 24.3 Å². The molecule has 0 aliphatic rings. The molecule has 0 aromatic carbocycles. The Bertz CT molecular complexity index is 982. The predicted octanol–water partition coefficient (Wildman–Crippen LogP) is 4.42. The number of hydrogen-bond donors (Lipinski definition) is 2. The van der Waals surface area contributed by atoms with Gasteiger partial charge in [-0.3, -0.25) is 10.1 Å². The number of aromatic nitrogens is 3. The molecular formula is C14H12F3N5OS3. The van der Waals surface area contributed by atoms with Crippen molar-refractivity contribution in [2.75, 3.05) is 16.8 Å². The molecular weight excluding hydrogens is 407 g/mol. The van der Waals surface area contributed by atoms with Crippen molar-refractivity contribution in [3.05, 3.63) is 22.2 Å². The van der Waals surface area contributed by atoms with E-state index in [0.717, 1.165) is 23.2 Å². The molecule has 0 spiro atoms. The third-order valence-electron chi connectivity index (χ3n) is 3.29. The predicted molar refractivity (Wildman–Crippen MR) is 98.0 cm³/mol. The fraction of sp³-hybridized carbons (Fsp3) is 0.286. The molecule has 0 radical (unpaired) electrons. The van der Waals surface area contributed by atoms with Gasteiger partial charge in [-0.15, -0.1) is 21.5 Å². The fourth-order valence-electron chi connectivity index (χ4n) is 2.22. The zero-order valence-electron chi connectivity index (χ0n) is 13.5. The van der Waals surface area contributed by atoms with Crippen LogP contribution in [0, 0.1) is 6.92 Å². The highest BCUT2D eigenvalue weighted by Crippen LogP contribution is 2.38. The average molecular weight is 419 g/mol. The molecule has 3 aromatic heterocycles. The average Bonchev–Trinajstić information content (AvgIpc) is 3.11. The summed E-state index contributed by atoms with van der Waals surface area (Å²) in [5.41, 5.74) is 5.40. The van der Waals surface area contributed by atoms with Gasteiger partial charge >= 0.3 is 6.18 Å². The van der Waals surface area contributed by atoms with Crippen molar-refractivity contribution in [3.63, 3.8) is 0 Å². The smallest absolute Gasteiger partial charge is 0.397 e. The van der Waals surface area contributed by atoms with E-state index in [4.69, 9.17) is 5.73 Å². The van der Waals surface area contributed by atoms with Crippen molar-refractivity contribution in [1.29, 1.82) is 0 Å². The molecule has 1 amide bonds. The summed E-state index contributed by atoms with van der Waals surface area (Å²) in [6.07, 6.45) is -4.57. The third kappa shape index (κ3) is 3.62. The number of fused-ring (bicyclic) bond motifs is 1. The zero-order chi connectivity index (χ0) is 19.1. The summed E-state index contributed by atoms with van der Waals surface area (Å²) in [5.74, 6) is 0.265. The Balaban J connectivity index is 1.95. The molecule has 3 rings (SSSR count). The van der Waals surface area contributed by atoms with Crippen LogP contribution in [0.15, 0.2) is 10.4 Å². The summed E-state index contributed by atoms with van der Waals surface area (Å²) in [6, 6.07) is 0.923. The van der Waals surface area contributed by atoms with Gasteiger partial charge in [0.1, 0.15) is 15.4 Å². The van der Waals surface area contributed by atoms with E-state index >= 15 is 0 Å². The molecule has 0 unspecified atom stereocenters. The molecule has 0 aliphatic heterocycles. The number of halogens is 3. The van der Waals surface area contributed by atoms with Crippen LogP contribution in [0.5, 0.6) is 0 Å². The molecule has 0 fully saturated rings. The fourth-order valence-corrected chi connectivity index (χ4v) is 4.93.